The third-order valence-corrected chi connectivity index (χ3v) is 5.24. The lowest BCUT2D eigenvalue weighted by molar-refractivity contribution is 0.0376. The van der Waals surface area contributed by atoms with Gasteiger partial charge in [0.25, 0.3) is 0 Å². The molecule has 2 aliphatic rings. The van der Waals surface area contributed by atoms with Gasteiger partial charge in [-0.05, 0) is 51.1 Å². The van der Waals surface area contributed by atoms with Crippen LogP contribution in [0.5, 0.6) is 0 Å². The molecule has 0 bridgehead atoms. The van der Waals surface area contributed by atoms with E-state index in [0.29, 0.717) is 0 Å². The lowest BCUT2D eigenvalue weighted by Gasteiger charge is -2.34. The second-order valence-electron chi connectivity index (χ2n) is 8.05. The number of halogens is 1. The SMILES string of the molecule is CCNC(=NCCCN1CC(C)CC(C)C1)NCCCN1CCOCC1.I. The van der Waals surface area contributed by atoms with Gasteiger partial charge >= 0.3 is 0 Å². The number of hydrogen-bond donors (Lipinski definition) is 2. The maximum Gasteiger partial charge on any atom is 0.191 e. The van der Waals surface area contributed by atoms with Gasteiger partial charge in [0.2, 0.25) is 0 Å². The number of morpholine rings is 1. The molecule has 2 atom stereocenters. The van der Waals surface area contributed by atoms with E-state index in [2.05, 4.69) is 41.2 Å². The summed E-state index contributed by atoms with van der Waals surface area (Å²) in [7, 11) is 0. The van der Waals surface area contributed by atoms with Crippen LogP contribution < -0.4 is 10.6 Å². The standard InChI is InChI=1S/C20H41N5O.HI/c1-4-21-20(22-7-5-9-24-11-13-26-14-12-24)23-8-6-10-25-16-18(2)15-19(3)17-25;/h18-19H,4-17H2,1-3H3,(H2,21,22,23);1H. The third-order valence-electron chi connectivity index (χ3n) is 5.24. The normalized spacial score (nSPS) is 25.1. The van der Waals surface area contributed by atoms with E-state index in [0.717, 1.165) is 83.1 Å². The number of ether oxygens (including phenoxy) is 1. The van der Waals surface area contributed by atoms with E-state index in [9.17, 15) is 0 Å². The average molecular weight is 495 g/mol. The number of piperidine rings is 1. The van der Waals surface area contributed by atoms with Gasteiger partial charge in [-0.1, -0.05) is 13.8 Å². The molecule has 160 valence electrons. The Hall–Kier alpha value is -0.120. The summed E-state index contributed by atoms with van der Waals surface area (Å²) in [6.45, 7) is 18.4. The fourth-order valence-electron chi connectivity index (χ4n) is 4.14. The molecule has 2 saturated heterocycles. The highest BCUT2D eigenvalue weighted by Crippen LogP contribution is 2.20. The first-order valence-corrected chi connectivity index (χ1v) is 10.7. The van der Waals surface area contributed by atoms with Gasteiger partial charge in [0.1, 0.15) is 0 Å². The van der Waals surface area contributed by atoms with Crippen molar-refractivity contribution < 1.29 is 4.74 Å². The molecule has 0 aromatic rings. The van der Waals surface area contributed by atoms with E-state index in [1.54, 1.807) is 0 Å². The number of aliphatic imine (C=N–C) groups is 1. The molecule has 2 fully saturated rings. The molecule has 0 radical (unpaired) electrons. The maximum absolute atomic E-state index is 5.40. The van der Waals surface area contributed by atoms with Gasteiger partial charge in [-0.3, -0.25) is 9.89 Å². The van der Waals surface area contributed by atoms with Crippen LogP contribution in [-0.2, 0) is 4.74 Å². The summed E-state index contributed by atoms with van der Waals surface area (Å²) in [4.78, 5) is 9.86. The van der Waals surface area contributed by atoms with E-state index < -0.39 is 0 Å². The average Bonchev–Trinajstić information content (AvgIpc) is 2.62. The molecule has 2 heterocycles. The zero-order valence-electron chi connectivity index (χ0n) is 17.7. The monoisotopic (exact) mass is 495 g/mol. The zero-order chi connectivity index (χ0) is 18.6. The zero-order valence-corrected chi connectivity index (χ0v) is 20.0. The fourth-order valence-corrected chi connectivity index (χ4v) is 4.14. The van der Waals surface area contributed by atoms with Crippen LogP contribution in [0.25, 0.3) is 0 Å². The molecular formula is C20H42IN5O. The Labute approximate surface area is 183 Å². The molecule has 0 spiro atoms. The van der Waals surface area contributed by atoms with E-state index in [1.165, 1.54) is 26.1 Å². The van der Waals surface area contributed by atoms with Crippen LogP contribution in [0.3, 0.4) is 0 Å². The van der Waals surface area contributed by atoms with Crippen LogP contribution in [0.4, 0.5) is 0 Å². The highest BCUT2D eigenvalue weighted by atomic mass is 127. The summed E-state index contributed by atoms with van der Waals surface area (Å²) in [5.74, 6) is 2.65. The summed E-state index contributed by atoms with van der Waals surface area (Å²) in [6.07, 6.45) is 3.67. The summed E-state index contributed by atoms with van der Waals surface area (Å²) in [5, 5.41) is 6.85. The first-order valence-electron chi connectivity index (χ1n) is 10.7. The van der Waals surface area contributed by atoms with Crippen LogP contribution in [0.1, 0.15) is 40.0 Å². The Morgan fingerprint density at radius 3 is 2.33 bits per heavy atom. The van der Waals surface area contributed by atoms with Crippen LogP contribution in [0, 0.1) is 11.8 Å². The van der Waals surface area contributed by atoms with Crippen LogP contribution in [0.15, 0.2) is 4.99 Å². The minimum Gasteiger partial charge on any atom is -0.379 e. The number of likely N-dealkylation sites (tertiary alicyclic amines) is 1. The minimum atomic E-state index is 0. The van der Waals surface area contributed by atoms with Crippen molar-refractivity contribution in [3.05, 3.63) is 0 Å². The van der Waals surface area contributed by atoms with Gasteiger partial charge < -0.3 is 20.3 Å². The molecule has 0 aliphatic carbocycles. The molecule has 0 aromatic carbocycles. The number of nitrogens with zero attached hydrogens (tertiary/aromatic N) is 3. The predicted octanol–water partition coefficient (Wildman–Crippen LogP) is 2.25. The first-order chi connectivity index (χ1) is 12.7. The van der Waals surface area contributed by atoms with Crippen LogP contribution >= 0.6 is 24.0 Å². The van der Waals surface area contributed by atoms with Crippen molar-refractivity contribution >= 4 is 29.9 Å². The number of rotatable bonds is 9. The molecule has 0 saturated carbocycles. The topological polar surface area (TPSA) is 52.1 Å². The Kier molecular flexibility index (Phi) is 13.7. The second kappa shape index (κ2) is 14.8. The summed E-state index contributed by atoms with van der Waals surface area (Å²) in [5.41, 5.74) is 0. The first kappa shape index (κ1) is 24.9. The van der Waals surface area contributed by atoms with E-state index in [-0.39, 0.29) is 24.0 Å². The lowest BCUT2D eigenvalue weighted by Crippen LogP contribution is -2.41. The Balaban J connectivity index is 0.00000364. The summed E-state index contributed by atoms with van der Waals surface area (Å²) in [6, 6.07) is 0. The molecule has 2 unspecified atom stereocenters. The quantitative estimate of drug-likeness (QED) is 0.223. The summed E-state index contributed by atoms with van der Waals surface area (Å²) >= 11 is 0. The molecule has 2 rings (SSSR count). The van der Waals surface area contributed by atoms with E-state index in [4.69, 9.17) is 9.73 Å². The largest absolute Gasteiger partial charge is 0.379 e. The molecule has 2 N–H and O–H groups in total. The Morgan fingerprint density at radius 1 is 1.00 bits per heavy atom. The van der Waals surface area contributed by atoms with E-state index >= 15 is 0 Å². The molecule has 0 aromatic heterocycles. The molecule has 27 heavy (non-hydrogen) atoms. The smallest absolute Gasteiger partial charge is 0.191 e. The summed E-state index contributed by atoms with van der Waals surface area (Å²) < 4.78 is 5.40. The lowest BCUT2D eigenvalue weighted by atomic mass is 9.92. The maximum atomic E-state index is 5.40. The highest BCUT2D eigenvalue weighted by molar-refractivity contribution is 14.0. The van der Waals surface area contributed by atoms with Crippen molar-refractivity contribution in [3.8, 4) is 0 Å². The van der Waals surface area contributed by atoms with Crippen molar-refractivity contribution in [2.75, 3.05) is 72.1 Å². The third kappa shape index (κ3) is 10.9. The van der Waals surface area contributed by atoms with Gasteiger partial charge in [0.05, 0.1) is 13.2 Å². The van der Waals surface area contributed by atoms with E-state index in [1.807, 2.05) is 0 Å². The number of nitrogens with one attached hydrogen (secondary N) is 2. The minimum absolute atomic E-state index is 0. The van der Waals surface area contributed by atoms with Crippen LogP contribution in [-0.4, -0.2) is 87.9 Å². The van der Waals surface area contributed by atoms with Gasteiger partial charge in [0.15, 0.2) is 5.96 Å². The fraction of sp³-hybridized carbons (Fsp3) is 0.950. The second-order valence-corrected chi connectivity index (χ2v) is 8.05. The van der Waals surface area contributed by atoms with Gasteiger partial charge in [-0.15, -0.1) is 24.0 Å². The number of guanidine groups is 1. The van der Waals surface area contributed by atoms with Gasteiger partial charge in [-0.2, -0.15) is 0 Å². The molecule has 2 aliphatic heterocycles. The molecule has 0 amide bonds. The van der Waals surface area contributed by atoms with Crippen molar-refractivity contribution in [3.63, 3.8) is 0 Å². The van der Waals surface area contributed by atoms with Crippen molar-refractivity contribution in [1.29, 1.82) is 0 Å². The van der Waals surface area contributed by atoms with Gasteiger partial charge in [0, 0.05) is 45.8 Å². The van der Waals surface area contributed by atoms with Crippen molar-refractivity contribution in [2.24, 2.45) is 16.8 Å². The molecular weight excluding hydrogens is 453 g/mol. The number of hydrogen-bond acceptors (Lipinski definition) is 4. The van der Waals surface area contributed by atoms with Gasteiger partial charge in [-0.25, -0.2) is 0 Å². The Morgan fingerprint density at radius 2 is 1.67 bits per heavy atom. The Bertz CT molecular complexity index is 394. The predicted molar refractivity (Wildman–Crippen MR) is 125 cm³/mol. The highest BCUT2D eigenvalue weighted by Gasteiger charge is 2.20. The molecule has 6 nitrogen and oxygen atoms in total. The molecule has 7 heteroatoms. The van der Waals surface area contributed by atoms with Crippen LogP contribution in [0.2, 0.25) is 0 Å². The van der Waals surface area contributed by atoms with Crippen molar-refractivity contribution in [2.45, 2.75) is 40.0 Å². The van der Waals surface area contributed by atoms with Crippen molar-refractivity contribution in [1.82, 2.24) is 20.4 Å².